The molecule has 0 aliphatic carbocycles. The molecule has 1 aromatic rings. The quantitative estimate of drug-likeness (QED) is 0.337. The lowest BCUT2D eigenvalue weighted by Gasteiger charge is -2.09. The zero-order valence-corrected chi connectivity index (χ0v) is 10.3. The van der Waals surface area contributed by atoms with E-state index in [1.54, 1.807) is 0 Å². The average Bonchev–Trinajstić information content (AvgIpc) is 2.25. The van der Waals surface area contributed by atoms with E-state index in [4.69, 9.17) is 4.74 Å². The summed E-state index contributed by atoms with van der Waals surface area (Å²) in [6.07, 6.45) is 0.955. The highest BCUT2D eigenvalue weighted by molar-refractivity contribution is 7.86. The number of nitro benzene ring substituents is 1. The second-order valence-corrected chi connectivity index (χ2v) is 4.77. The van der Waals surface area contributed by atoms with Crippen molar-refractivity contribution in [2.45, 2.75) is 0 Å². The van der Waals surface area contributed by atoms with Crippen molar-refractivity contribution in [3.63, 3.8) is 0 Å². The molecule has 0 radical (unpaired) electrons. The van der Waals surface area contributed by atoms with Crippen LogP contribution >= 0.6 is 0 Å². The Morgan fingerprint density at radius 3 is 2.39 bits per heavy atom. The van der Waals surface area contributed by atoms with Crippen LogP contribution in [0.3, 0.4) is 0 Å². The van der Waals surface area contributed by atoms with Crippen LogP contribution in [-0.4, -0.2) is 33.0 Å². The third-order valence-electron chi connectivity index (χ3n) is 1.89. The standard InChI is InChI=1S/C9H9NO7S/c1-16-7-4-3-6(5-11)8(10(12)13)9(7)17-18(2,14)15/h3-5H,1-2H3. The lowest BCUT2D eigenvalue weighted by atomic mass is 10.1. The first-order chi connectivity index (χ1) is 8.30. The normalized spacial score (nSPS) is 10.8. The van der Waals surface area contributed by atoms with E-state index in [9.17, 15) is 23.3 Å². The number of nitrogens with zero attached hydrogens (tertiary/aromatic N) is 1. The highest BCUT2D eigenvalue weighted by atomic mass is 32.2. The van der Waals surface area contributed by atoms with Crippen molar-refractivity contribution in [1.82, 2.24) is 0 Å². The molecule has 0 aliphatic heterocycles. The number of ether oxygens (including phenoxy) is 1. The third-order valence-corrected chi connectivity index (χ3v) is 2.36. The summed E-state index contributed by atoms with van der Waals surface area (Å²) in [4.78, 5) is 20.7. The molecule has 18 heavy (non-hydrogen) atoms. The van der Waals surface area contributed by atoms with Gasteiger partial charge in [0.25, 0.3) is 5.75 Å². The third kappa shape index (κ3) is 2.94. The van der Waals surface area contributed by atoms with Gasteiger partial charge in [0.15, 0.2) is 12.0 Å². The maximum atomic E-state index is 11.1. The van der Waals surface area contributed by atoms with Crippen LogP contribution < -0.4 is 8.92 Å². The SMILES string of the molecule is COc1ccc(C=O)c([N+](=O)[O-])c1OS(C)(=O)=O. The molecule has 1 rings (SSSR count). The van der Waals surface area contributed by atoms with Crippen LogP contribution in [-0.2, 0) is 10.1 Å². The van der Waals surface area contributed by atoms with Gasteiger partial charge in [-0.2, -0.15) is 8.42 Å². The van der Waals surface area contributed by atoms with Crippen molar-refractivity contribution >= 4 is 22.1 Å². The molecule has 0 saturated heterocycles. The van der Waals surface area contributed by atoms with Crippen molar-refractivity contribution in [3.8, 4) is 11.5 Å². The fraction of sp³-hybridized carbons (Fsp3) is 0.222. The van der Waals surface area contributed by atoms with Crippen molar-refractivity contribution < 1.29 is 27.1 Å². The molecule has 0 saturated carbocycles. The second kappa shape index (κ2) is 5.00. The predicted molar refractivity (Wildman–Crippen MR) is 60.5 cm³/mol. The number of benzene rings is 1. The van der Waals surface area contributed by atoms with Crippen LogP contribution in [0.2, 0.25) is 0 Å². The minimum absolute atomic E-state index is 0.155. The number of nitro groups is 1. The number of carbonyl (C=O) groups excluding carboxylic acids is 1. The highest BCUT2D eigenvalue weighted by Gasteiger charge is 2.28. The fourth-order valence-electron chi connectivity index (χ4n) is 1.24. The van der Waals surface area contributed by atoms with Gasteiger partial charge in [-0.3, -0.25) is 14.9 Å². The molecule has 0 fully saturated rings. The monoisotopic (exact) mass is 275 g/mol. The predicted octanol–water partition coefficient (Wildman–Crippen LogP) is 0.754. The highest BCUT2D eigenvalue weighted by Crippen LogP contribution is 2.39. The Kier molecular flexibility index (Phi) is 3.86. The van der Waals surface area contributed by atoms with Gasteiger partial charge in [0.05, 0.1) is 23.9 Å². The number of rotatable bonds is 5. The lowest BCUT2D eigenvalue weighted by molar-refractivity contribution is -0.385. The summed E-state index contributed by atoms with van der Waals surface area (Å²) in [5.41, 5.74) is -1.06. The van der Waals surface area contributed by atoms with Gasteiger partial charge in [-0.05, 0) is 12.1 Å². The van der Waals surface area contributed by atoms with Gasteiger partial charge in [-0.1, -0.05) is 0 Å². The molecule has 0 aromatic heterocycles. The van der Waals surface area contributed by atoms with Crippen molar-refractivity contribution in [2.24, 2.45) is 0 Å². The Labute approximate surface area is 102 Å². The number of aldehydes is 1. The molecule has 0 amide bonds. The lowest BCUT2D eigenvalue weighted by Crippen LogP contribution is -2.10. The molecule has 0 bridgehead atoms. The molecular weight excluding hydrogens is 266 g/mol. The van der Waals surface area contributed by atoms with Gasteiger partial charge in [0.1, 0.15) is 0 Å². The average molecular weight is 275 g/mol. The van der Waals surface area contributed by atoms with Crippen LogP contribution in [0.25, 0.3) is 0 Å². The molecule has 0 atom stereocenters. The van der Waals surface area contributed by atoms with Crippen molar-refractivity contribution in [3.05, 3.63) is 27.8 Å². The molecule has 0 aliphatic rings. The molecule has 0 unspecified atom stereocenters. The molecule has 1 aromatic carbocycles. The minimum atomic E-state index is -3.99. The Balaban J connectivity index is 3.60. The fourth-order valence-corrected chi connectivity index (χ4v) is 1.71. The van der Waals surface area contributed by atoms with E-state index in [1.165, 1.54) is 13.2 Å². The summed E-state index contributed by atoms with van der Waals surface area (Å²) in [7, 11) is -2.80. The Bertz CT molecular complexity index is 593. The number of methoxy groups -OCH3 is 1. The topological polar surface area (TPSA) is 113 Å². The molecule has 98 valence electrons. The van der Waals surface area contributed by atoms with Crippen LogP contribution in [0.1, 0.15) is 10.4 Å². The molecule has 8 nitrogen and oxygen atoms in total. The first-order valence-corrected chi connectivity index (χ1v) is 6.32. The van der Waals surface area contributed by atoms with Gasteiger partial charge >= 0.3 is 15.8 Å². The van der Waals surface area contributed by atoms with E-state index in [-0.39, 0.29) is 17.6 Å². The summed E-state index contributed by atoms with van der Waals surface area (Å²) >= 11 is 0. The summed E-state index contributed by atoms with van der Waals surface area (Å²) in [5.74, 6) is -0.771. The van der Waals surface area contributed by atoms with Crippen molar-refractivity contribution in [2.75, 3.05) is 13.4 Å². The van der Waals surface area contributed by atoms with Gasteiger partial charge in [-0.15, -0.1) is 0 Å². The van der Waals surface area contributed by atoms with Crippen LogP contribution in [0.4, 0.5) is 5.69 Å². The maximum absolute atomic E-state index is 11.1. The summed E-state index contributed by atoms with van der Waals surface area (Å²) in [5, 5.41) is 10.9. The Morgan fingerprint density at radius 2 is 2.00 bits per heavy atom. The van der Waals surface area contributed by atoms with Gasteiger partial charge in [0, 0.05) is 0 Å². The number of hydrogen-bond acceptors (Lipinski definition) is 7. The first-order valence-electron chi connectivity index (χ1n) is 4.50. The van der Waals surface area contributed by atoms with Crippen LogP contribution in [0.5, 0.6) is 11.5 Å². The zero-order valence-electron chi connectivity index (χ0n) is 9.45. The first kappa shape index (κ1) is 13.9. The smallest absolute Gasteiger partial charge is 0.327 e. The molecule has 9 heteroatoms. The molecular formula is C9H9NO7S. The molecule has 0 heterocycles. The van der Waals surface area contributed by atoms with Gasteiger partial charge < -0.3 is 8.92 Å². The number of hydrogen-bond donors (Lipinski definition) is 0. The van der Waals surface area contributed by atoms with Crippen LogP contribution in [0.15, 0.2) is 12.1 Å². The number of carbonyl (C=O) groups is 1. The Morgan fingerprint density at radius 1 is 1.39 bits per heavy atom. The summed E-state index contributed by atoms with van der Waals surface area (Å²) in [6, 6.07) is 2.34. The minimum Gasteiger partial charge on any atom is -0.493 e. The molecule has 0 N–H and O–H groups in total. The van der Waals surface area contributed by atoms with E-state index >= 15 is 0 Å². The van der Waals surface area contributed by atoms with E-state index in [0.29, 0.717) is 0 Å². The van der Waals surface area contributed by atoms with Gasteiger partial charge in [0.2, 0.25) is 0 Å². The van der Waals surface area contributed by atoms with Gasteiger partial charge in [-0.25, -0.2) is 0 Å². The maximum Gasteiger partial charge on any atom is 0.327 e. The van der Waals surface area contributed by atoms with Crippen LogP contribution in [0, 0.1) is 10.1 Å². The van der Waals surface area contributed by atoms with Crippen molar-refractivity contribution in [1.29, 1.82) is 0 Å². The van der Waals surface area contributed by atoms with E-state index in [1.807, 2.05) is 0 Å². The summed E-state index contributed by atoms with van der Waals surface area (Å²) < 4.78 is 31.4. The van der Waals surface area contributed by atoms with E-state index < -0.39 is 26.5 Å². The zero-order chi connectivity index (χ0) is 13.9. The van der Waals surface area contributed by atoms with E-state index in [2.05, 4.69) is 4.18 Å². The largest absolute Gasteiger partial charge is 0.493 e. The second-order valence-electron chi connectivity index (χ2n) is 3.20. The Hall–Kier alpha value is -2.16. The molecule has 0 spiro atoms. The summed E-state index contributed by atoms with van der Waals surface area (Å²) in [6.45, 7) is 0. The van der Waals surface area contributed by atoms with E-state index in [0.717, 1.165) is 12.3 Å².